The minimum atomic E-state index is -0.709. The van der Waals surface area contributed by atoms with Crippen LogP contribution in [-0.2, 0) is 4.79 Å². The molecule has 2 fully saturated rings. The first-order valence-corrected chi connectivity index (χ1v) is 14.1. The van der Waals surface area contributed by atoms with Gasteiger partial charge in [0, 0.05) is 54.5 Å². The van der Waals surface area contributed by atoms with E-state index in [9.17, 15) is 18.4 Å². The van der Waals surface area contributed by atoms with E-state index < -0.39 is 17.8 Å². The number of allylic oxidation sites excluding steroid dienone is 3. The van der Waals surface area contributed by atoms with Crippen molar-refractivity contribution in [3.63, 3.8) is 0 Å². The molecule has 0 bridgehead atoms. The maximum Gasteiger partial charge on any atom is 0.251 e. The Morgan fingerprint density at radius 3 is 2.41 bits per heavy atom. The minimum Gasteiger partial charge on any atom is -0.368 e. The average Bonchev–Trinajstić information content (AvgIpc) is 3.65. The lowest BCUT2D eigenvalue weighted by Crippen LogP contribution is -2.55. The third-order valence-corrected chi connectivity index (χ3v) is 7.89. The van der Waals surface area contributed by atoms with Crippen molar-refractivity contribution < 1.29 is 18.4 Å². The zero-order valence-corrected chi connectivity index (χ0v) is 23.7. The van der Waals surface area contributed by atoms with Gasteiger partial charge in [0.2, 0.25) is 5.91 Å². The van der Waals surface area contributed by atoms with E-state index in [2.05, 4.69) is 40.5 Å². The number of anilines is 1. The van der Waals surface area contributed by atoms with Crippen LogP contribution in [0.2, 0.25) is 0 Å². The molecular weight excluding hydrogens is 522 g/mol. The van der Waals surface area contributed by atoms with Gasteiger partial charge >= 0.3 is 0 Å². The fourth-order valence-electron chi connectivity index (χ4n) is 5.31. The summed E-state index contributed by atoms with van der Waals surface area (Å²) >= 11 is 0. The largest absolute Gasteiger partial charge is 0.368 e. The first kappa shape index (κ1) is 30.0. The minimum absolute atomic E-state index is 0.116. The summed E-state index contributed by atoms with van der Waals surface area (Å²) in [4.78, 5) is 30.6. The Morgan fingerprint density at radius 2 is 1.78 bits per heavy atom. The monoisotopic (exact) mass is 560 g/mol. The number of hydrogen-bond donors (Lipinski definition) is 2. The summed E-state index contributed by atoms with van der Waals surface area (Å²) < 4.78 is 26.6. The van der Waals surface area contributed by atoms with Crippen LogP contribution in [0.3, 0.4) is 0 Å². The fraction of sp³-hybridized carbons (Fsp3) is 0.394. The van der Waals surface area contributed by atoms with E-state index >= 15 is 0 Å². The zero-order chi connectivity index (χ0) is 29.4. The highest BCUT2D eigenvalue weighted by atomic mass is 19.1. The molecule has 4 rings (SSSR count). The predicted octanol–water partition coefficient (Wildman–Crippen LogP) is 4.85. The molecule has 1 aliphatic carbocycles. The molecule has 3 atom stereocenters. The van der Waals surface area contributed by atoms with Crippen LogP contribution in [0, 0.1) is 24.1 Å². The molecule has 2 amide bonds. The van der Waals surface area contributed by atoms with Crippen LogP contribution in [0.5, 0.6) is 0 Å². The molecule has 8 heteroatoms. The van der Waals surface area contributed by atoms with Crippen LogP contribution in [-0.4, -0.2) is 61.0 Å². The molecule has 0 aromatic heterocycles. The van der Waals surface area contributed by atoms with E-state index in [1.54, 1.807) is 6.08 Å². The van der Waals surface area contributed by atoms with Gasteiger partial charge in [-0.3, -0.25) is 9.59 Å². The molecule has 1 saturated heterocycles. The predicted molar refractivity (Wildman–Crippen MR) is 158 cm³/mol. The molecular formula is C33H38F2N4O2. The number of nitrogens with one attached hydrogen (secondary N) is 2. The van der Waals surface area contributed by atoms with Crippen LogP contribution in [0.1, 0.15) is 43.5 Å². The normalized spacial score (nSPS) is 21.7. The number of nitrogens with zero attached hydrogens (tertiary/aromatic N) is 2. The van der Waals surface area contributed by atoms with Gasteiger partial charge < -0.3 is 20.4 Å². The Kier molecular flexibility index (Phi) is 9.95. The molecule has 0 radical (unpaired) electrons. The molecule has 41 heavy (non-hydrogen) atoms. The van der Waals surface area contributed by atoms with Crippen molar-refractivity contribution in [2.24, 2.45) is 5.92 Å². The number of hydrogen-bond acceptors (Lipinski definition) is 4. The van der Waals surface area contributed by atoms with Crippen molar-refractivity contribution in [3.8, 4) is 12.3 Å². The average molecular weight is 561 g/mol. The Hall–Kier alpha value is -3.96. The highest BCUT2D eigenvalue weighted by molar-refractivity contribution is 5.97. The summed E-state index contributed by atoms with van der Waals surface area (Å²) in [6.07, 6.45) is 10.6. The van der Waals surface area contributed by atoms with Crippen LogP contribution in [0.4, 0.5) is 14.5 Å². The van der Waals surface area contributed by atoms with Gasteiger partial charge in [-0.25, -0.2) is 8.78 Å². The van der Waals surface area contributed by atoms with Crippen molar-refractivity contribution in [1.82, 2.24) is 15.5 Å². The smallest absolute Gasteiger partial charge is 0.251 e. The van der Waals surface area contributed by atoms with E-state index in [-0.39, 0.29) is 23.2 Å². The third-order valence-electron chi connectivity index (χ3n) is 7.89. The van der Waals surface area contributed by atoms with Gasteiger partial charge in [0.05, 0.1) is 5.83 Å². The topological polar surface area (TPSA) is 64.7 Å². The summed E-state index contributed by atoms with van der Waals surface area (Å²) in [5, 5.41) is 6.44. The Morgan fingerprint density at radius 1 is 1.10 bits per heavy atom. The lowest BCUT2D eigenvalue weighted by Gasteiger charge is -2.37. The molecule has 2 N–H and O–H groups in total. The van der Waals surface area contributed by atoms with Crippen molar-refractivity contribution >= 4 is 17.5 Å². The summed E-state index contributed by atoms with van der Waals surface area (Å²) in [6.45, 7) is 6.62. The maximum atomic E-state index is 13.6. The molecule has 6 nitrogen and oxygen atoms in total. The van der Waals surface area contributed by atoms with Crippen LogP contribution >= 0.6 is 0 Å². The number of terminal acetylenes is 1. The van der Waals surface area contributed by atoms with Gasteiger partial charge in [-0.1, -0.05) is 24.1 Å². The number of carbonyl (C=O) groups excluding carboxylic acids is 2. The lowest BCUT2D eigenvalue weighted by molar-refractivity contribution is -0.133. The van der Waals surface area contributed by atoms with Crippen molar-refractivity contribution in [1.29, 1.82) is 0 Å². The Labute approximate surface area is 241 Å². The van der Waals surface area contributed by atoms with Gasteiger partial charge in [0.25, 0.3) is 5.91 Å². The highest BCUT2D eigenvalue weighted by Gasteiger charge is 2.51. The van der Waals surface area contributed by atoms with E-state index in [0.29, 0.717) is 51.1 Å². The van der Waals surface area contributed by atoms with E-state index in [0.717, 1.165) is 17.7 Å². The highest BCUT2D eigenvalue weighted by Crippen LogP contribution is 2.47. The second-order valence-electron chi connectivity index (χ2n) is 10.9. The van der Waals surface area contributed by atoms with Gasteiger partial charge in [-0.2, -0.15) is 0 Å². The Balaban J connectivity index is 1.35. The first-order chi connectivity index (χ1) is 19.7. The number of halogens is 2. The number of carbonyl (C=O) groups is 2. The lowest BCUT2D eigenvalue weighted by atomic mass is 10.1. The number of piperazine rings is 1. The number of amides is 2. The summed E-state index contributed by atoms with van der Waals surface area (Å²) in [6, 6.07) is 14.7. The summed E-state index contributed by atoms with van der Waals surface area (Å²) in [7, 11) is 0. The molecule has 2 aromatic carbocycles. The standard InChI is InChI=1S/C33H38F2N4O2/c1-4-25(13-12-24(2)34)29-23-33(29,3)36-18-8-11-30(37-31(40)26-14-16-27(35)17-15-26)32(41)39-21-19-38(20-22-39)28-9-6-5-7-10-28/h1,5-7,9-10,12-17,29-30,36H,8,11,18-23H2,2-3H3,(H,37,40)/b24-12+,25-13+/t29-,30-,33?/m0/s1. The molecule has 1 unspecified atom stereocenters. The molecule has 1 heterocycles. The Bertz CT molecular complexity index is 1310. The zero-order valence-electron chi connectivity index (χ0n) is 23.7. The van der Waals surface area contributed by atoms with Gasteiger partial charge in [0.1, 0.15) is 11.9 Å². The number of rotatable bonds is 11. The van der Waals surface area contributed by atoms with Crippen LogP contribution in [0.25, 0.3) is 0 Å². The second-order valence-corrected chi connectivity index (χ2v) is 10.9. The summed E-state index contributed by atoms with van der Waals surface area (Å²) in [5.74, 6) is 1.55. The maximum absolute atomic E-state index is 13.6. The van der Waals surface area contributed by atoms with Crippen molar-refractivity contribution in [2.45, 2.75) is 44.7 Å². The van der Waals surface area contributed by atoms with Gasteiger partial charge in [-0.15, -0.1) is 6.42 Å². The van der Waals surface area contributed by atoms with Gasteiger partial charge in [0.15, 0.2) is 0 Å². The van der Waals surface area contributed by atoms with E-state index in [4.69, 9.17) is 6.42 Å². The molecule has 1 aliphatic heterocycles. The molecule has 216 valence electrons. The van der Waals surface area contributed by atoms with Gasteiger partial charge in [-0.05, 0) is 88.2 Å². The number of benzene rings is 2. The first-order valence-electron chi connectivity index (χ1n) is 14.1. The summed E-state index contributed by atoms with van der Waals surface area (Å²) in [5.41, 5.74) is 1.99. The molecule has 2 aliphatic rings. The van der Waals surface area contributed by atoms with Crippen molar-refractivity contribution in [2.75, 3.05) is 37.6 Å². The quantitative estimate of drug-likeness (QED) is 0.234. The van der Waals surface area contributed by atoms with E-state index in [1.807, 2.05) is 23.1 Å². The van der Waals surface area contributed by atoms with E-state index in [1.165, 1.54) is 37.3 Å². The van der Waals surface area contributed by atoms with Crippen LogP contribution in [0.15, 0.2) is 78.1 Å². The second kappa shape index (κ2) is 13.6. The molecule has 1 saturated carbocycles. The van der Waals surface area contributed by atoms with Crippen LogP contribution < -0.4 is 15.5 Å². The number of para-hydroxylation sites is 1. The molecule has 0 spiro atoms. The third kappa shape index (κ3) is 8.05. The van der Waals surface area contributed by atoms with Crippen molar-refractivity contribution in [3.05, 3.63) is 89.5 Å². The fourth-order valence-corrected chi connectivity index (χ4v) is 5.31. The SMILES string of the molecule is C#C/C(=C\C=C(/C)F)[C@@H]1CC1(C)NCCC[C@H](NC(=O)c1ccc(F)cc1)C(=O)N1CCN(c2ccccc2)CC1. The molecule has 2 aromatic rings.